The van der Waals surface area contributed by atoms with E-state index in [0.29, 0.717) is 11.1 Å². The van der Waals surface area contributed by atoms with E-state index in [0.717, 1.165) is 0 Å². The lowest BCUT2D eigenvalue weighted by Gasteiger charge is -2.15. The molecule has 0 fully saturated rings. The molecule has 0 aliphatic rings. The molecule has 1 N–H and O–H groups in total. The summed E-state index contributed by atoms with van der Waals surface area (Å²) in [6, 6.07) is 11.0. The van der Waals surface area contributed by atoms with Crippen molar-refractivity contribution in [1.29, 1.82) is 5.26 Å². The fraction of sp³-hybridized carbons (Fsp3) is 0.188. The predicted octanol–water partition coefficient (Wildman–Crippen LogP) is 1.53. The number of hydrogen-bond acceptors (Lipinski definition) is 6. The maximum absolute atomic E-state index is 12.3. The Bertz CT molecular complexity index is 889. The maximum atomic E-state index is 12.3. The second-order valence-corrected chi connectivity index (χ2v) is 6.64. The number of carbonyl (C=O) groups is 1. The first kappa shape index (κ1) is 17.4. The second-order valence-electron chi connectivity index (χ2n) is 4.99. The summed E-state index contributed by atoms with van der Waals surface area (Å²) in [5.41, 5.74) is 0.706. The van der Waals surface area contributed by atoms with E-state index in [1.807, 2.05) is 10.8 Å². The Hall–Kier alpha value is -2.92. The van der Waals surface area contributed by atoms with Crippen LogP contribution in [0.4, 0.5) is 0 Å². The maximum Gasteiger partial charge on any atom is 0.274 e. The van der Waals surface area contributed by atoms with Crippen LogP contribution in [0.1, 0.15) is 18.1 Å². The highest BCUT2D eigenvalue weighted by molar-refractivity contribution is 7.90. The Kier molecular flexibility index (Phi) is 5.16. The van der Waals surface area contributed by atoms with Crippen molar-refractivity contribution >= 4 is 15.9 Å². The Labute approximate surface area is 140 Å². The van der Waals surface area contributed by atoms with Gasteiger partial charge in [0.2, 0.25) is 5.88 Å². The van der Waals surface area contributed by atoms with E-state index < -0.39 is 22.0 Å². The average Bonchev–Trinajstić information content (AvgIpc) is 2.54. The number of aryl methyl sites for hydroxylation is 1. The Balaban J connectivity index is 2.14. The third kappa shape index (κ3) is 4.08. The van der Waals surface area contributed by atoms with Gasteiger partial charge in [0.15, 0.2) is 6.10 Å². The van der Waals surface area contributed by atoms with Gasteiger partial charge in [-0.15, -0.1) is 0 Å². The molecular formula is C16H15N3O4S. The summed E-state index contributed by atoms with van der Waals surface area (Å²) in [7, 11) is -4.06. The van der Waals surface area contributed by atoms with Gasteiger partial charge in [-0.2, -0.15) is 5.26 Å². The molecule has 0 saturated carbocycles. The number of ether oxygens (including phenoxy) is 1. The molecular weight excluding hydrogens is 330 g/mol. The SMILES string of the molecule is Cc1cc(C#N)ccc1S(=O)(=O)NC(=O)C(C)Oc1ccccn1. The lowest BCUT2D eigenvalue weighted by Crippen LogP contribution is -2.40. The molecule has 124 valence electrons. The van der Waals surface area contributed by atoms with Crippen LogP contribution in [0.3, 0.4) is 0 Å². The fourth-order valence-corrected chi connectivity index (χ4v) is 3.21. The van der Waals surface area contributed by atoms with Gasteiger partial charge in [0.05, 0.1) is 16.5 Å². The number of carbonyl (C=O) groups excluding carboxylic acids is 1. The molecule has 1 aromatic carbocycles. The summed E-state index contributed by atoms with van der Waals surface area (Å²) < 4.78 is 31.9. The normalized spacial score (nSPS) is 12.0. The van der Waals surface area contributed by atoms with E-state index >= 15 is 0 Å². The zero-order valence-corrected chi connectivity index (χ0v) is 13.9. The lowest BCUT2D eigenvalue weighted by molar-refractivity contribution is -0.125. The van der Waals surface area contributed by atoms with Crippen LogP contribution in [0.25, 0.3) is 0 Å². The molecule has 8 heteroatoms. The summed E-state index contributed by atoms with van der Waals surface area (Å²) in [5.74, 6) is -0.600. The first-order valence-electron chi connectivity index (χ1n) is 6.98. The smallest absolute Gasteiger partial charge is 0.274 e. The van der Waals surface area contributed by atoms with Gasteiger partial charge in [-0.05, 0) is 43.7 Å². The zero-order chi connectivity index (χ0) is 17.7. The number of nitrogens with zero attached hydrogens (tertiary/aromatic N) is 2. The summed E-state index contributed by atoms with van der Waals surface area (Å²) >= 11 is 0. The molecule has 0 saturated heterocycles. The van der Waals surface area contributed by atoms with Gasteiger partial charge < -0.3 is 4.74 Å². The second kappa shape index (κ2) is 7.10. The zero-order valence-electron chi connectivity index (χ0n) is 13.1. The van der Waals surface area contributed by atoms with Crippen LogP contribution in [0.5, 0.6) is 5.88 Å². The largest absolute Gasteiger partial charge is 0.464 e. The number of rotatable bonds is 5. The molecule has 0 radical (unpaired) electrons. The highest BCUT2D eigenvalue weighted by Crippen LogP contribution is 2.16. The number of aromatic nitrogens is 1. The standard InChI is InChI=1S/C16H15N3O4S/c1-11-9-13(10-17)6-7-14(11)24(21,22)19-16(20)12(2)23-15-5-3-4-8-18-15/h3-9,12H,1-2H3,(H,19,20). The summed E-state index contributed by atoms with van der Waals surface area (Å²) in [4.78, 5) is 15.9. The highest BCUT2D eigenvalue weighted by Gasteiger charge is 2.24. The van der Waals surface area contributed by atoms with Crippen molar-refractivity contribution in [3.8, 4) is 11.9 Å². The van der Waals surface area contributed by atoms with Crippen LogP contribution in [-0.4, -0.2) is 25.4 Å². The number of sulfonamides is 1. The molecule has 1 heterocycles. The Morgan fingerprint density at radius 3 is 2.67 bits per heavy atom. The minimum absolute atomic E-state index is 0.0695. The van der Waals surface area contributed by atoms with Crippen LogP contribution in [0.15, 0.2) is 47.5 Å². The third-order valence-corrected chi connectivity index (χ3v) is 4.64. The molecule has 1 unspecified atom stereocenters. The van der Waals surface area contributed by atoms with Gasteiger partial charge in [0.25, 0.3) is 15.9 Å². The molecule has 1 atom stereocenters. The number of nitrogens with one attached hydrogen (secondary N) is 1. The van der Waals surface area contributed by atoms with Crippen LogP contribution in [0.2, 0.25) is 0 Å². The summed E-state index contributed by atoms with van der Waals surface area (Å²) in [5, 5.41) is 8.82. The van der Waals surface area contributed by atoms with Gasteiger partial charge >= 0.3 is 0 Å². The number of benzene rings is 1. The molecule has 7 nitrogen and oxygen atoms in total. The topological polar surface area (TPSA) is 109 Å². The number of pyridine rings is 1. The quantitative estimate of drug-likeness (QED) is 0.880. The molecule has 0 bridgehead atoms. The van der Waals surface area contributed by atoms with Crippen LogP contribution < -0.4 is 9.46 Å². The van der Waals surface area contributed by atoms with Gasteiger partial charge in [-0.3, -0.25) is 4.79 Å². The van der Waals surface area contributed by atoms with Crippen molar-refractivity contribution in [2.45, 2.75) is 24.8 Å². The van der Waals surface area contributed by atoms with Gasteiger partial charge in [-0.1, -0.05) is 6.07 Å². The van der Waals surface area contributed by atoms with E-state index in [1.165, 1.54) is 31.3 Å². The Morgan fingerprint density at radius 1 is 1.33 bits per heavy atom. The molecule has 0 aliphatic carbocycles. The molecule has 0 spiro atoms. The summed E-state index contributed by atoms with van der Waals surface area (Å²) in [6.07, 6.45) is 0.449. The van der Waals surface area contributed by atoms with Gasteiger partial charge in [0.1, 0.15) is 0 Å². The van der Waals surface area contributed by atoms with Crippen LogP contribution >= 0.6 is 0 Å². The molecule has 0 aliphatic heterocycles. The minimum Gasteiger partial charge on any atom is -0.464 e. The monoisotopic (exact) mass is 345 g/mol. The van der Waals surface area contributed by atoms with E-state index in [1.54, 1.807) is 25.1 Å². The van der Waals surface area contributed by atoms with Crippen LogP contribution in [-0.2, 0) is 14.8 Å². The van der Waals surface area contributed by atoms with E-state index in [2.05, 4.69) is 4.98 Å². The number of nitriles is 1. The fourth-order valence-electron chi connectivity index (χ4n) is 1.94. The minimum atomic E-state index is -4.06. The molecule has 1 aromatic heterocycles. The van der Waals surface area contributed by atoms with E-state index in [-0.39, 0.29) is 10.8 Å². The van der Waals surface area contributed by atoms with Crippen molar-refractivity contribution in [3.05, 3.63) is 53.7 Å². The van der Waals surface area contributed by atoms with Crippen molar-refractivity contribution in [1.82, 2.24) is 9.71 Å². The first-order chi connectivity index (χ1) is 11.3. The Morgan fingerprint density at radius 2 is 2.08 bits per heavy atom. The molecule has 24 heavy (non-hydrogen) atoms. The van der Waals surface area contributed by atoms with E-state index in [4.69, 9.17) is 10.00 Å². The highest BCUT2D eigenvalue weighted by atomic mass is 32.2. The van der Waals surface area contributed by atoms with Gasteiger partial charge in [-0.25, -0.2) is 18.1 Å². The molecule has 2 aromatic rings. The number of amides is 1. The number of hydrogen-bond donors (Lipinski definition) is 1. The molecule has 2 rings (SSSR count). The van der Waals surface area contributed by atoms with Crippen molar-refractivity contribution < 1.29 is 17.9 Å². The van der Waals surface area contributed by atoms with E-state index in [9.17, 15) is 13.2 Å². The van der Waals surface area contributed by atoms with Crippen molar-refractivity contribution in [3.63, 3.8) is 0 Å². The summed E-state index contributed by atoms with van der Waals surface area (Å²) in [6.45, 7) is 2.97. The lowest BCUT2D eigenvalue weighted by atomic mass is 10.2. The van der Waals surface area contributed by atoms with Gasteiger partial charge in [0, 0.05) is 12.3 Å². The van der Waals surface area contributed by atoms with Crippen LogP contribution in [0, 0.1) is 18.3 Å². The van der Waals surface area contributed by atoms with Crippen molar-refractivity contribution in [2.75, 3.05) is 0 Å². The average molecular weight is 345 g/mol. The molecule has 1 amide bonds. The predicted molar refractivity (Wildman–Crippen MR) is 85.5 cm³/mol. The third-order valence-electron chi connectivity index (χ3n) is 3.13. The van der Waals surface area contributed by atoms with Crippen molar-refractivity contribution in [2.24, 2.45) is 0 Å². The first-order valence-corrected chi connectivity index (χ1v) is 8.47.